The van der Waals surface area contributed by atoms with Gasteiger partial charge in [0, 0.05) is 31.6 Å². The molecule has 0 radical (unpaired) electrons. The van der Waals surface area contributed by atoms with Crippen LogP contribution in [0.1, 0.15) is 50.8 Å². The van der Waals surface area contributed by atoms with Crippen molar-refractivity contribution in [3.05, 3.63) is 5.82 Å². The van der Waals surface area contributed by atoms with Gasteiger partial charge in [-0.2, -0.15) is 0 Å². The summed E-state index contributed by atoms with van der Waals surface area (Å²) in [6, 6.07) is 0.641. The second-order valence-electron chi connectivity index (χ2n) is 7.68. The summed E-state index contributed by atoms with van der Waals surface area (Å²) in [6.07, 6.45) is 4.83. The largest absolute Gasteiger partial charge is 0.465 e. The fraction of sp³-hybridized carbons (Fsp3) is 0.875. The van der Waals surface area contributed by atoms with E-state index in [4.69, 9.17) is 5.11 Å². The van der Waals surface area contributed by atoms with Crippen molar-refractivity contribution < 1.29 is 9.90 Å². The molecule has 3 aliphatic rings. The SMILES string of the molecule is CCn1nnnc1C1CCN(C2CC3(CCN(C(=O)O)C3)C2)CC1. The summed E-state index contributed by atoms with van der Waals surface area (Å²) in [7, 11) is 0. The van der Waals surface area contributed by atoms with E-state index in [0.717, 1.165) is 64.1 Å². The van der Waals surface area contributed by atoms with Crippen LogP contribution in [0.25, 0.3) is 0 Å². The Balaban J connectivity index is 1.28. The van der Waals surface area contributed by atoms with Gasteiger partial charge in [0.2, 0.25) is 0 Å². The van der Waals surface area contributed by atoms with Gasteiger partial charge in [-0.15, -0.1) is 5.10 Å². The van der Waals surface area contributed by atoms with Crippen LogP contribution in [0.4, 0.5) is 4.79 Å². The summed E-state index contributed by atoms with van der Waals surface area (Å²) >= 11 is 0. The van der Waals surface area contributed by atoms with E-state index in [1.54, 1.807) is 4.90 Å². The molecule has 2 aliphatic heterocycles. The molecule has 0 unspecified atom stereocenters. The molecule has 0 aromatic carbocycles. The molecular formula is C16H26N6O2. The number of piperidine rings is 1. The Labute approximate surface area is 141 Å². The van der Waals surface area contributed by atoms with Gasteiger partial charge in [-0.3, -0.25) is 0 Å². The van der Waals surface area contributed by atoms with E-state index in [1.165, 1.54) is 0 Å². The second-order valence-corrected chi connectivity index (χ2v) is 7.68. The Kier molecular flexibility index (Phi) is 3.94. The molecular weight excluding hydrogens is 308 g/mol. The molecule has 0 atom stereocenters. The van der Waals surface area contributed by atoms with E-state index in [9.17, 15) is 4.79 Å². The molecule has 24 heavy (non-hydrogen) atoms. The first-order chi connectivity index (χ1) is 11.6. The lowest BCUT2D eigenvalue weighted by Crippen LogP contribution is -2.54. The standard InChI is InChI=1S/C16H26N6O2/c1-2-22-14(17-18-19-22)12-3-6-20(7-4-12)13-9-16(10-13)5-8-21(11-16)15(23)24/h12-13H,2-11H2,1H3,(H,23,24). The van der Waals surface area contributed by atoms with Gasteiger partial charge in [0.1, 0.15) is 0 Å². The zero-order valence-corrected chi connectivity index (χ0v) is 14.3. The number of carboxylic acid groups (broad SMARTS) is 1. The van der Waals surface area contributed by atoms with Gasteiger partial charge in [0.15, 0.2) is 5.82 Å². The number of hydrogen-bond donors (Lipinski definition) is 1. The summed E-state index contributed by atoms with van der Waals surface area (Å²) < 4.78 is 1.91. The van der Waals surface area contributed by atoms with E-state index < -0.39 is 6.09 Å². The van der Waals surface area contributed by atoms with Crippen LogP contribution in [-0.2, 0) is 6.54 Å². The van der Waals surface area contributed by atoms with Crippen molar-refractivity contribution in [2.24, 2.45) is 5.41 Å². The molecule has 1 aromatic rings. The smallest absolute Gasteiger partial charge is 0.407 e. The molecule has 4 rings (SSSR count). The van der Waals surface area contributed by atoms with Crippen LogP contribution in [-0.4, -0.2) is 73.4 Å². The van der Waals surface area contributed by atoms with Gasteiger partial charge < -0.3 is 14.9 Å². The molecule has 2 saturated heterocycles. The maximum atomic E-state index is 11.1. The molecule has 8 nitrogen and oxygen atoms in total. The van der Waals surface area contributed by atoms with Crippen molar-refractivity contribution in [1.82, 2.24) is 30.0 Å². The third-order valence-corrected chi connectivity index (χ3v) is 6.32. The van der Waals surface area contributed by atoms with E-state index >= 15 is 0 Å². The van der Waals surface area contributed by atoms with Crippen LogP contribution >= 0.6 is 0 Å². The lowest BCUT2D eigenvalue weighted by atomic mass is 9.64. The van der Waals surface area contributed by atoms with E-state index in [0.29, 0.717) is 18.5 Å². The maximum Gasteiger partial charge on any atom is 0.407 e. The zero-order chi connectivity index (χ0) is 16.7. The predicted octanol–water partition coefficient (Wildman–Crippen LogP) is 1.40. The topological polar surface area (TPSA) is 87.4 Å². The van der Waals surface area contributed by atoms with E-state index in [1.807, 2.05) is 4.68 Å². The van der Waals surface area contributed by atoms with Crippen molar-refractivity contribution >= 4 is 6.09 Å². The molecule has 3 fully saturated rings. The van der Waals surface area contributed by atoms with Crippen molar-refractivity contribution in [2.75, 3.05) is 26.2 Å². The quantitative estimate of drug-likeness (QED) is 0.899. The van der Waals surface area contributed by atoms with Crippen LogP contribution in [0.5, 0.6) is 0 Å². The van der Waals surface area contributed by atoms with E-state index in [2.05, 4.69) is 27.3 Å². The van der Waals surface area contributed by atoms with Crippen LogP contribution in [0, 0.1) is 5.41 Å². The third kappa shape index (κ3) is 2.66. The highest BCUT2D eigenvalue weighted by Gasteiger charge is 2.51. The van der Waals surface area contributed by atoms with Crippen LogP contribution in [0.15, 0.2) is 0 Å². The number of rotatable bonds is 3. The Bertz CT molecular complexity index is 603. The molecule has 0 bridgehead atoms. The summed E-state index contributed by atoms with van der Waals surface area (Å²) in [4.78, 5) is 15.3. The number of tetrazole rings is 1. The molecule has 8 heteroatoms. The number of hydrogen-bond acceptors (Lipinski definition) is 5. The van der Waals surface area contributed by atoms with Gasteiger partial charge in [-0.05, 0) is 68.0 Å². The zero-order valence-electron chi connectivity index (χ0n) is 14.3. The highest BCUT2D eigenvalue weighted by molar-refractivity contribution is 5.65. The molecule has 1 aromatic heterocycles. The fourth-order valence-corrected chi connectivity index (χ4v) is 4.88. The number of likely N-dealkylation sites (tertiary alicyclic amines) is 2. The monoisotopic (exact) mass is 334 g/mol. The highest BCUT2D eigenvalue weighted by atomic mass is 16.4. The molecule has 1 amide bonds. The average Bonchev–Trinajstić information content (AvgIpc) is 3.20. The van der Waals surface area contributed by atoms with Gasteiger partial charge in [-0.1, -0.05) is 0 Å². The molecule has 1 saturated carbocycles. The van der Waals surface area contributed by atoms with Gasteiger partial charge >= 0.3 is 6.09 Å². The number of aromatic nitrogens is 4. The number of carbonyl (C=O) groups is 1. The minimum absolute atomic E-state index is 0.270. The lowest BCUT2D eigenvalue weighted by Gasteiger charge is -2.51. The summed E-state index contributed by atoms with van der Waals surface area (Å²) in [5.41, 5.74) is 0.270. The third-order valence-electron chi connectivity index (χ3n) is 6.32. The van der Waals surface area contributed by atoms with Crippen molar-refractivity contribution in [3.8, 4) is 0 Å². The Morgan fingerprint density at radius 1 is 1.29 bits per heavy atom. The predicted molar refractivity (Wildman–Crippen MR) is 86.7 cm³/mol. The molecule has 3 heterocycles. The van der Waals surface area contributed by atoms with Gasteiger partial charge in [0.25, 0.3) is 0 Å². The Morgan fingerprint density at radius 3 is 2.67 bits per heavy atom. The van der Waals surface area contributed by atoms with Crippen LogP contribution in [0.3, 0.4) is 0 Å². The highest BCUT2D eigenvalue weighted by Crippen LogP contribution is 2.50. The number of amides is 1. The van der Waals surface area contributed by atoms with E-state index in [-0.39, 0.29) is 5.41 Å². The molecule has 132 valence electrons. The first-order valence-corrected chi connectivity index (χ1v) is 9.08. The number of aryl methyl sites for hydroxylation is 1. The Morgan fingerprint density at radius 2 is 2.04 bits per heavy atom. The maximum absolute atomic E-state index is 11.1. The summed E-state index contributed by atoms with van der Waals surface area (Å²) in [6.45, 7) is 6.55. The van der Waals surface area contributed by atoms with Crippen LogP contribution in [0.2, 0.25) is 0 Å². The van der Waals surface area contributed by atoms with Gasteiger partial charge in [-0.25, -0.2) is 9.48 Å². The molecule has 1 N–H and O–H groups in total. The summed E-state index contributed by atoms with van der Waals surface area (Å²) in [5.74, 6) is 1.51. The summed E-state index contributed by atoms with van der Waals surface area (Å²) in [5, 5.41) is 21.2. The second kappa shape index (κ2) is 5.98. The fourth-order valence-electron chi connectivity index (χ4n) is 4.88. The van der Waals surface area contributed by atoms with Gasteiger partial charge in [0.05, 0.1) is 0 Å². The molecule has 1 spiro atoms. The Hall–Kier alpha value is -1.70. The normalized spacial score (nSPS) is 31.5. The first kappa shape index (κ1) is 15.8. The van der Waals surface area contributed by atoms with Crippen molar-refractivity contribution in [1.29, 1.82) is 0 Å². The van der Waals surface area contributed by atoms with Crippen molar-refractivity contribution in [3.63, 3.8) is 0 Å². The average molecular weight is 334 g/mol. The minimum atomic E-state index is -0.759. The van der Waals surface area contributed by atoms with Crippen LogP contribution < -0.4 is 0 Å². The first-order valence-electron chi connectivity index (χ1n) is 9.08. The number of nitrogens with zero attached hydrogens (tertiary/aromatic N) is 6. The molecule has 1 aliphatic carbocycles. The lowest BCUT2D eigenvalue weighted by molar-refractivity contribution is -0.00439. The van der Waals surface area contributed by atoms with Crippen molar-refractivity contribution in [2.45, 2.75) is 57.5 Å². The minimum Gasteiger partial charge on any atom is -0.465 e.